The zero-order chi connectivity index (χ0) is 71.2. The van der Waals surface area contributed by atoms with E-state index in [0.717, 1.165) is 26.2 Å². The summed E-state index contributed by atoms with van der Waals surface area (Å²) < 4.78 is 251. The first-order valence-electron chi connectivity index (χ1n) is 30.4. The van der Waals surface area contributed by atoms with Gasteiger partial charge in [-0.15, -0.1) is 0 Å². The van der Waals surface area contributed by atoms with E-state index in [1.165, 1.54) is 0 Å². The third-order valence-electron chi connectivity index (χ3n) is 10.3. The fraction of sp³-hybridized carbons (Fsp3) is 0.643. The zero-order valence-electron chi connectivity index (χ0n) is 53.7. The highest BCUT2D eigenvalue weighted by molar-refractivity contribution is 6.51. The normalized spacial score (nSPS) is 17.4. The van der Waals surface area contributed by atoms with Gasteiger partial charge in [0.15, 0.2) is 49.6 Å². The first kappa shape index (κ1) is 93.2. The summed E-state index contributed by atoms with van der Waals surface area (Å²) in [5.74, 6) is 0. The molecule has 0 radical (unpaired) electrons. The summed E-state index contributed by atoms with van der Waals surface area (Å²) >= 11 is 0. The van der Waals surface area contributed by atoms with Crippen molar-refractivity contribution in [3.05, 3.63) is 122 Å². The van der Waals surface area contributed by atoms with Crippen LogP contribution in [0.3, 0.4) is 0 Å². The zero-order valence-corrected chi connectivity index (χ0v) is 53.7. The van der Waals surface area contributed by atoms with Crippen LogP contribution in [-0.2, 0) is 102 Å². The molecule has 20 nitrogen and oxygen atoms in total. The largest absolute Gasteiger partial charge is 0.673 e. The van der Waals surface area contributed by atoms with E-state index in [1.807, 2.05) is 24.3 Å². The fourth-order valence-corrected chi connectivity index (χ4v) is 6.31. The molecule has 96 heavy (non-hydrogen) atoms. The number of ether oxygens (including phenoxy) is 16. The maximum atomic E-state index is 9.75. The van der Waals surface area contributed by atoms with Crippen molar-refractivity contribution < 1.29 is 163 Å². The average Bonchev–Trinajstić information content (AvgIpc) is 3.37. The van der Waals surface area contributed by atoms with Crippen molar-refractivity contribution in [3.8, 4) is 0 Å². The summed E-state index contributed by atoms with van der Waals surface area (Å²) in [4.78, 5) is 0. The van der Waals surface area contributed by atoms with E-state index in [2.05, 4.69) is 116 Å². The van der Waals surface area contributed by atoms with E-state index in [0.29, 0.717) is 211 Å². The molecule has 2 aliphatic rings. The molecule has 0 amide bonds. The van der Waals surface area contributed by atoms with Crippen LogP contribution in [0.15, 0.2) is 122 Å². The van der Waals surface area contributed by atoms with Crippen molar-refractivity contribution in [1.82, 2.24) is 0 Å². The van der Waals surface area contributed by atoms with Gasteiger partial charge in [-0.25, -0.2) is 0 Å². The molecule has 2 saturated heterocycles. The number of nitrogens with zero attached hydrogens (tertiary/aromatic N) is 4. The summed E-state index contributed by atoms with van der Waals surface area (Å²) in [5.41, 5.74) is 0. The molecule has 40 heteroatoms. The molecule has 4 aromatic rings. The molecular formula is C56H92B4F16N4O16. The van der Waals surface area contributed by atoms with Crippen molar-refractivity contribution in [3.63, 3.8) is 0 Å². The van der Waals surface area contributed by atoms with Crippen molar-refractivity contribution in [2.45, 2.75) is 26.2 Å². The SMILES string of the molecule is C1COCCOCCOCCOCCOCCOCCOCCO1.C1COCCOCCOCCOCCOCCOCCOCCO1.F[B-](F)(F)F.F[B-](F)(F)F.F[B-](F)(F)F.F[B-](F)(F)F.c1cc[n+](CC[n+]2ccccc2)cc1.c1cc[n+](CC[n+]2ccccc2)cc1. The third kappa shape index (κ3) is 95.5. The van der Waals surface area contributed by atoms with Crippen molar-refractivity contribution in [2.24, 2.45) is 0 Å². The summed E-state index contributed by atoms with van der Waals surface area (Å²) in [5, 5.41) is 0. The number of hydrogen-bond acceptors (Lipinski definition) is 16. The van der Waals surface area contributed by atoms with Crippen LogP contribution in [0, 0.1) is 0 Å². The molecule has 6 rings (SSSR count). The monoisotopic (exact) mass is 1420 g/mol. The first-order valence-corrected chi connectivity index (χ1v) is 30.4. The number of hydrogen-bond donors (Lipinski definition) is 0. The highest BCUT2D eigenvalue weighted by Crippen LogP contribution is 2.08. The van der Waals surface area contributed by atoms with E-state index < -0.39 is 29.0 Å². The molecule has 2 fully saturated rings. The second-order valence-electron chi connectivity index (χ2n) is 18.2. The Morgan fingerprint density at radius 3 is 0.302 bits per heavy atom. The Morgan fingerprint density at radius 2 is 0.229 bits per heavy atom. The molecular weight excluding hydrogens is 1330 g/mol. The van der Waals surface area contributed by atoms with Gasteiger partial charge in [0.25, 0.3) is 0 Å². The maximum Gasteiger partial charge on any atom is 0.673 e. The predicted octanol–water partition coefficient (Wildman–Crippen LogP) is 7.39. The molecule has 0 atom stereocenters. The number of pyridine rings is 4. The first-order chi connectivity index (χ1) is 45.9. The van der Waals surface area contributed by atoms with Crippen LogP contribution >= 0.6 is 0 Å². The smallest absolute Gasteiger partial charge is 0.418 e. The van der Waals surface area contributed by atoms with Crippen molar-refractivity contribution >= 4 is 29.0 Å². The van der Waals surface area contributed by atoms with Gasteiger partial charge >= 0.3 is 29.0 Å². The third-order valence-corrected chi connectivity index (χ3v) is 10.3. The Labute approximate surface area is 550 Å². The number of aromatic nitrogens is 4. The van der Waals surface area contributed by atoms with Gasteiger partial charge in [0.1, 0.15) is 0 Å². The summed E-state index contributed by atoms with van der Waals surface area (Å²) in [6.45, 7) is 21.8. The molecule has 0 unspecified atom stereocenters. The summed E-state index contributed by atoms with van der Waals surface area (Å²) in [7, 11) is -24.0. The van der Waals surface area contributed by atoms with Gasteiger partial charge in [0, 0.05) is 48.5 Å². The lowest BCUT2D eigenvalue weighted by molar-refractivity contribution is -0.778. The van der Waals surface area contributed by atoms with Crippen LogP contribution in [0.5, 0.6) is 0 Å². The minimum absolute atomic E-state index is 0.556. The fourth-order valence-electron chi connectivity index (χ4n) is 6.31. The van der Waals surface area contributed by atoms with Crippen LogP contribution in [0.4, 0.5) is 69.1 Å². The Balaban J connectivity index is 0. The molecule has 0 spiro atoms. The van der Waals surface area contributed by atoms with Crippen LogP contribution < -0.4 is 18.3 Å². The van der Waals surface area contributed by atoms with Crippen LogP contribution in [0.2, 0.25) is 0 Å². The van der Waals surface area contributed by atoms with E-state index >= 15 is 0 Å². The molecule has 0 aliphatic carbocycles. The molecule has 2 aliphatic heterocycles. The minimum atomic E-state index is -6.00. The lowest BCUT2D eigenvalue weighted by atomic mass is 10.3. The number of aryl methyl sites for hydroxylation is 4. The van der Waals surface area contributed by atoms with Crippen molar-refractivity contribution in [2.75, 3.05) is 211 Å². The highest BCUT2D eigenvalue weighted by Gasteiger charge is 2.22. The predicted molar refractivity (Wildman–Crippen MR) is 320 cm³/mol. The topological polar surface area (TPSA) is 163 Å². The Morgan fingerprint density at radius 1 is 0.156 bits per heavy atom. The van der Waals surface area contributed by atoms with Gasteiger partial charge in [-0.1, -0.05) is 24.3 Å². The summed E-state index contributed by atoms with van der Waals surface area (Å²) in [6, 6.07) is 24.5. The molecule has 0 aromatic carbocycles. The van der Waals surface area contributed by atoms with E-state index in [4.69, 9.17) is 75.8 Å². The Hall–Kier alpha value is -4.90. The van der Waals surface area contributed by atoms with Gasteiger partial charge in [0.2, 0.25) is 26.2 Å². The quantitative estimate of drug-likeness (QED) is 0.107. The molecule has 0 bridgehead atoms. The summed E-state index contributed by atoms with van der Waals surface area (Å²) in [6.07, 6.45) is 16.7. The minimum Gasteiger partial charge on any atom is -0.418 e. The van der Waals surface area contributed by atoms with E-state index in [9.17, 15) is 69.1 Å². The molecule has 0 saturated carbocycles. The lowest BCUT2D eigenvalue weighted by Gasteiger charge is -2.09. The maximum absolute atomic E-state index is 9.75. The van der Waals surface area contributed by atoms with Gasteiger partial charge in [-0.2, -0.15) is 18.3 Å². The standard InChI is InChI=1S/2C16H32O8.2C12H14N2.4BF4/c2*1-2-18-5-6-20-9-10-22-13-14-24-16-15-23-12-11-21-8-7-19-4-3-17-1;2*1-3-7-13(8-4-1)11-12-14-9-5-2-6-10-14;4*2-1(3,4)5/h2*1-16H2;2*1-10H,11-12H2;;;;/q;;2*+2;4*-1. The number of rotatable bonds is 6. The van der Waals surface area contributed by atoms with Gasteiger partial charge in [0.05, 0.1) is 211 Å². The molecule has 0 N–H and O–H groups in total. The lowest BCUT2D eigenvalue weighted by Crippen LogP contribution is -2.43. The average molecular weight is 1420 g/mol. The number of halogens is 16. The second-order valence-corrected chi connectivity index (χ2v) is 18.2. The van der Waals surface area contributed by atoms with Crippen LogP contribution in [0.1, 0.15) is 0 Å². The Bertz CT molecular complexity index is 1700. The van der Waals surface area contributed by atoms with Gasteiger partial charge in [-0.3, -0.25) is 0 Å². The Kier molecular flexibility index (Phi) is 65.3. The van der Waals surface area contributed by atoms with Gasteiger partial charge in [-0.05, 0) is 0 Å². The molecule has 6 heterocycles. The second kappa shape index (κ2) is 67.3. The van der Waals surface area contributed by atoms with Crippen LogP contribution in [-0.4, -0.2) is 240 Å². The van der Waals surface area contributed by atoms with Crippen LogP contribution in [0.25, 0.3) is 0 Å². The molecule has 556 valence electrons. The van der Waals surface area contributed by atoms with Gasteiger partial charge < -0.3 is 145 Å². The molecule has 4 aromatic heterocycles. The van der Waals surface area contributed by atoms with Crippen molar-refractivity contribution in [1.29, 1.82) is 0 Å². The van der Waals surface area contributed by atoms with E-state index in [1.54, 1.807) is 0 Å². The van der Waals surface area contributed by atoms with E-state index in [-0.39, 0.29) is 0 Å². The highest BCUT2D eigenvalue weighted by atomic mass is 19.5.